The number of aliphatic carboxylic acids is 1. The van der Waals surface area contributed by atoms with E-state index in [4.69, 9.17) is 5.11 Å². The molecule has 0 rings (SSSR count). The Morgan fingerprint density at radius 1 is 1.16 bits per heavy atom. The van der Waals surface area contributed by atoms with Gasteiger partial charge in [0.05, 0.1) is 19.3 Å². The van der Waals surface area contributed by atoms with E-state index in [2.05, 4.69) is 22.6 Å². The summed E-state index contributed by atoms with van der Waals surface area (Å²) in [7, 11) is 1.33. The Bertz CT molecular complexity index is 392. The number of carboxylic acid groups (broad SMARTS) is 1. The number of carbonyl (C=O) groups is 3. The standard InChI is InChI=1S/C8H10O4.C5H8O2/c1-3-12-8(11)6(2)4-5-7(9)10;1-4(2)5(6)7-3/h4-5H,2-3H2,1H3,(H,9,10);1H2,2-3H3. The molecule has 19 heavy (non-hydrogen) atoms. The van der Waals surface area contributed by atoms with Crippen LogP contribution in [0.5, 0.6) is 0 Å². The van der Waals surface area contributed by atoms with Crippen LogP contribution in [0, 0.1) is 0 Å². The molecule has 0 heterocycles. The van der Waals surface area contributed by atoms with E-state index in [1.54, 1.807) is 13.8 Å². The van der Waals surface area contributed by atoms with Crippen molar-refractivity contribution in [1.82, 2.24) is 0 Å². The predicted molar refractivity (Wildman–Crippen MR) is 69.4 cm³/mol. The molecular weight excluding hydrogens is 252 g/mol. The van der Waals surface area contributed by atoms with Crippen molar-refractivity contribution in [1.29, 1.82) is 0 Å². The number of carboxylic acids is 1. The highest BCUT2D eigenvalue weighted by Gasteiger charge is 2.03. The molecule has 0 saturated carbocycles. The van der Waals surface area contributed by atoms with Crippen LogP contribution in [0.15, 0.2) is 36.5 Å². The molecule has 0 saturated heterocycles. The molecule has 0 unspecified atom stereocenters. The third-order valence-corrected chi connectivity index (χ3v) is 1.50. The van der Waals surface area contributed by atoms with E-state index in [1.165, 1.54) is 7.11 Å². The lowest BCUT2D eigenvalue weighted by Crippen LogP contribution is -2.05. The summed E-state index contributed by atoms with van der Waals surface area (Å²) in [6, 6.07) is 0. The van der Waals surface area contributed by atoms with Gasteiger partial charge in [0, 0.05) is 11.6 Å². The Balaban J connectivity index is 0. The minimum Gasteiger partial charge on any atom is -0.478 e. The van der Waals surface area contributed by atoms with E-state index in [0.717, 1.165) is 12.2 Å². The fraction of sp³-hybridized carbons (Fsp3) is 0.308. The largest absolute Gasteiger partial charge is 0.478 e. The normalized spacial score (nSPS) is 9.00. The van der Waals surface area contributed by atoms with Gasteiger partial charge in [-0.1, -0.05) is 13.2 Å². The number of hydrogen-bond acceptors (Lipinski definition) is 5. The Labute approximate surface area is 112 Å². The van der Waals surface area contributed by atoms with Crippen molar-refractivity contribution in [2.24, 2.45) is 0 Å². The fourth-order valence-corrected chi connectivity index (χ4v) is 0.638. The third kappa shape index (κ3) is 11.9. The number of ether oxygens (including phenoxy) is 2. The van der Waals surface area contributed by atoms with Crippen molar-refractivity contribution in [2.75, 3.05) is 13.7 Å². The zero-order chi connectivity index (χ0) is 15.4. The first kappa shape index (κ1) is 19.0. The van der Waals surface area contributed by atoms with Gasteiger partial charge in [-0.15, -0.1) is 0 Å². The summed E-state index contributed by atoms with van der Waals surface area (Å²) < 4.78 is 8.83. The topological polar surface area (TPSA) is 89.9 Å². The lowest BCUT2D eigenvalue weighted by atomic mass is 10.3. The zero-order valence-electron chi connectivity index (χ0n) is 11.3. The van der Waals surface area contributed by atoms with Crippen LogP contribution >= 0.6 is 0 Å². The molecule has 0 aliphatic carbocycles. The maximum Gasteiger partial charge on any atom is 0.337 e. The van der Waals surface area contributed by atoms with Crippen LogP contribution in [0.1, 0.15) is 13.8 Å². The van der Waals surface area contributed by atoms with Crippen LogP contribution in [0.25, 0.3) is 0 Å². The molecule has 0 amide bonds. The lowest BCUT2D eigenvalue weighted by Gasteiger charge is -1.98. The van der Waals surface area contributed by atoms with E-state index in [9.17, 15) is 14.4 Å². The van der Waals surface area contributed by atoms with E-state index in [-0.39, 0.29) is 18.1 Å². The van der Waals surface area contributed by atoms with Gasteiger partial charge >= 0.3 is 17.9 Å². The van der Waals surface area contributed by atoms with Crippen molar-refractivity contribution < 1.29 is 29.0 Å². The maximum atomic E-state index is 10.8. The molecule has 6 heteroatoms. The van der Waals surface area contributed by atoms with Gasteiger partial charge in [-0.3, -0.25) is 0 Å². The molecule has 0 atom stereocenters. The van der Waals surface area contributed by atoms with Crippen molar-refractivity contribution in [3.63, 3.8) is 0 Å². The Morgan fingerprint density at radius 3 is 1.95 bits per heavy atom. The summed E-state index contributed by atoms with van der Waals surface area (Å²) in [6.07, 6.45) is 1.93. The molecule has 6 nitrogen and oxygen atoms in total. The Hall–Kier alpha value is -2.37. The first-order chi connectivity index (χ1) is 8.76. The average Bonchev–Trinajstić information content (AvgIpc) is 2.35. The second-order valence-corrected chi connectivity index (χ2v) is 3.19. The predicted octanol–water partition coefficient (Wildman–Crippen LogP) is 1.48. The Kier molecular flexibility index (Phi) is 10.8. The van der Waals surface area contributed by atoms with Gasteiger partial charge in [0.2, 0.25) is 0 Å². The third-order valence-electron chi connectivity index (χ3n) is 1.50. The van der Waals surface area contributed by atoms with Crippen LogP contribution in [-0.2, 0) is 23.9 Å². The highest BCUT2D eigenvalue weighted by molar-refractivity contribution is 5.93. The summed E-state index contributed by atoms with van der Waals surface area (Å²) in [6.45, 7) is 10.2. The SMILES string of the molecule is C=C(C)C(=O)OC.C=C(C=CC(=O)O)C(=O)OCC. The van der Waals surface area contributed by atoms with E-state index < -0.39 is 11.9 Å². The van der Waals surface area contributed by atoms with E-state index in [1.807, 2.05) is 0 Å². The van der Waals surface area contributed by atoms with Gasteiger partial charge in [-0.05, 0) is 19.9 Å². The second kappa shape index (κ2) is 10.8. The molecule has 0 aliphatic rings. The molecule has 0 fully saturated rings. The monoisotopic (exact) mass is 270 g/mol. The maximum absolute atomic E-state index is 10.8. The van der Waals surface area contributed by atoms with Gasteiger partial charge in [-0.2, -0.15) is 0 Å². The first-order valence-corrected chi connectivity index (χ1v) is 5.27. The average molecular weight is 270 g/mol. The molecule has 0 bridgehead atoms. The number of hydrogen-bond donors (Lipinski definition) is 1. The number of rotatable bonds is 5. The van der Waals surface area contributed by atoms with Crippen molar-refractivity contribution in [3.05, 3.63) is 36.5 Å². The van der Waals surface area contributed by atoms with Crippen LogP contribution in [0.4, 0.5) is 0 Å². The van der Waals surface area contributed by atoms with Crippen LogP contribution < -0.4 is 0 Å². The first-order valence-electron chi connectivity index (χ1n) is 5.27. The molecule has 0 radical (unpaired) electrons. The highest BCUT2D eigenvalue weighted by Crippen LogP contribution is 1.96. The summed E-state index contributed by atoms with van der Waals surface area (Å²) in [5.41, 5.74) is 0.460. The quantitative estimate of drug-likeness (QED) is 0.462. The summed E-state index contributed by atoms with van der Waals surface area (Å²) in [4.78, 5) is 31.0. The van der Waals surface area contributed by atoms with Crippen molar-refractivity contribution in [2.45, 2.75) is 13.8 Å². The van der Waals surface area contributed by atoms with Gasteiger partial charge in [0.15, 0.2) is 0 Å². The van der Waals surface area contributed by atoms with Crippen LogP contribution in [0.2, 0.25) is 0 Å². The molecule has 106 valence electrons. The summed E-state index contributed by atoms with van der Waals surface area (Å²) >= 11 is 0. The van der Waals surface area contributed by atoms with Gasteiger partial charge in [-0.25, -0.2) is 14.4 Å². The minimum absolute atomic E-state index is 0.0271. The molecule has 1 N–H and O–H groups in total. The van der Waals surface area contributed by atoms with Gasteiger partial charge in [0.25, 0.3) is 0 Å². The number of esters is 2. The van der Waals surface area contributed by atoms with E-state index in [0.29, 0.717) is 5.57 Å². The van der Waals surface area contributed by atoms with Gasteiger partial charge < -0.3 is 14.6 Å². The highest BCUT2D eigenvalue weighted by atomic mass is 16.5. The fourth-order valence-electron chi connectivity index (χ4n) is 0.638. The molecule has 0 aromatic rings. The molecular formula is C13H18O6. The summed E-state index contributed by atoms with van der Waals surface area (Å²) in [5, 5.41) is 8.19. The number of carbonyl (C=O) groups excluding carboxylic acids is 2. The molecule has 0 aliphatic heterocycles. The molecule has 0 aromatic heterocycles. The zero-order valence-corrected chi connectivity index (χ0v) is 11.3. The minimum atomic E-state index is -1.12. The smallest absolute Gasteiger partial charge is 0.337 e. The van der Waals surface area contributed by atoms with Crippen LogP contribution in [-0.4, -0.2) is 36.7 Å². The summed E-state index contributed by atoms with van der Waals surface area (Å²) in [5.74, 6) is -2.07. The second-order valence-electron chi connectivity index (χ2n) is 3.19. The van der Waals surface area contributed by atoms with Crippen molar-refractivity contribution in [3.8, 4) is 0 Å². The van der Waals surface area contributed by atoms with Crippen molar-refractivity contribution >= 4 is 17.9 Å². The number of methoxy groups -OCH3 is 1. The van der Waals surface area contributed by atoms with Crippen LogP contribution in [0.3, 0.4) is 0 Å². The molecule has 0 spiro atoms. The molecule has 0 aromatic carbocycles. The lowest BCUT2D eigenvalue weighted by molar-refractivity contribution is -0.138. The van der Waals surface area contributed by atoms with E-state index >= 15 is 0 Å². The van der Waals surface area contributed by atoms with Gasteiger partial charge in [0.1, 0.15) is 0 Å². The Morgan fingerprint density at radius 2 is 1.68 bits per heavy atom.